The van der Waals surface area contributed by atoms with Gasteiger partial charge >= 0.3 is 0 Å². The number of allylic oxidation sites excluding steroid dienone is 3. The van der Waals surface area contributed by atoms with E-state index in [4.69, 9.17) is 0 Å². The Morgan fingerprint density at radius 2 is 1.00 bits per heavy atom. The quantitative estimate of drug-likeness (QED) is 0.178. The van der Waals surface area contributed by atoms with E-state index in [1.165, 1.54) is 95.9 Å². The second-order valence-corrected chi connectivity index (χ2v) is 11.8. The molecule has 0 aromatic heterocycles. The molecule has 3 rings (SSSR count). The van der Waals surface area contributed by atoms with Gasteiger partial charge in [-0.2, -0.15) is 0 Å². The molecule has 2 nitrogen and oxygen atoms in total. The Bertz CT molecular complexity index is 1140. The zero-order valence-corrected chi connectivity index (χ0v) is 26.6. The fraction of sp³-hybridized carbons (Fsp3) is 0.553. The molecule has 1 N–H and O–H groups in total. The molecule has 0 atom stereocenters. The number of rotatable bonds is 17. The molecule has 0 bridgehead atoms. The summed E-state index contributed by atoms with van der Waals surface area (Å²) in [5, 5.41) is 0. The summed E-state index contributed by atoms with van der Waals surface area (Å²) in [5.74, 6) is 9.65. The average molecular weight is 541 g/mol. The summed E-state index contributed by atoms with van der Waals surface area (Å²) >= 11 is 0. The van der Waals surface area contributed by atoms with Crippen LogP contribution in [0, 0.1) is 0 Å². The molecular formula is C38H56N2. The second kappa shape index (κ2) is 16.6. The molecule has 1 aliphatic heterocycles. The maximum atomic E-state index is 9.65. The highest BCUT2D eigenvalue weighted by molar-refractivity contribution is 6.16. The Balaban J connectivity index is 2.23. The maximum Gasteiger partial charge on any atom is 0.215 e. The van der Waals surface area contributed by atoms with Gasteiger partial charge in [0.25, 0.3) is 0 Å². The van der Waals surface area contributed by atoms with E-state index in [1.54, 1.807) is 0 Å². The summed E-state index contributed by atoms with van der Waals surface area (Å²) in [6.45, 7) is 13.6. The topological polar surface area (TPSA) is 26.8 Å². The molecule has 0 fully saturated rings. The smallest absolute Gasteiger partial charge is 0.215 e. The highest BCUT2D eigenvalue weighted by Gasteiger charge is 2.35. The van der Waals surface area contributed by atoms with Crippen molar-refractivity contribution in [2.75, 3.05) is 0 Å². The van der Waals surface area contributed by atoms with Gasteiger partial charge in [-0.15, -0.1) is 0 Å². The Morgan fingerprint density at radius 3 is 1.38 bits per heavy atom. The van der Waals surface area contributed by atoms with Crippen LogP contribution >= 0.6 is 0 Å². The fourth-order valence-corrected chi connectivity index (χ4v) is 5.99. The van der Waals surface area contributed by atoms with Crippen molar-refractivity contribution < 1.29 is 4.68 Å². The molecule has 0 spiro atoms. The van der Waals surface area contributed by atoms with Crippen molar-refractivity contribution in [1.82, 2.24) is 0 Å². The number of nitrogens with one attached hydrogen (secondary N) is 1. The number of unbranched alkanes of at least 4 members (excludes halogenated alkanes) is 5. The van der Waals surface area contributed by atoms with Gasteiger partial charge in [-0.05, 0) is 111 Å². The summed E-state index contributed by atoms with van der Waals surface area (Å²) in [4.78, 5) is 0. The lowest BCUT2D eigenvalue weighted by Gasteiger charge is -2.13. The number of hydrogen-bond acceptors (Lipinski definition) is 0. The molecule has 40 heavy (non-hydrogen) atoms. The van der Waals surface area contributed by atoms with Crippen molar-refractivity contribution in [3.05, 3.63) is 92.8 Å². The van der Waals surface area contributed by atoms with E-state index in [1.807, 2.05) is 4.68 Å². The predicted octanol–water partition coefficient (Wildman–Crippen LogP) is 11.4. The van der Waals surface area contributed by atoms with Gasteiger partial charge in [-0.3, -0.25) is 0 Å². The molecule has 2 heteroatoms. The summed E-state index contributed by atoms with van der Waals surface area (Å²) in [6, 6.07) is 14.4. The lowest BCUT2D eigenvalue weighted by atomic mass is 9.90. The monoisotopic (exact) mass is 540 g/mol. The third-order valence-corrected chi connectivity index (χ3v) is 8.23. The minimum absolute atomic E-state index is 0.936. The summed E-state index contributed by atoms with van der Waals surface area (Å²) in [5.41, 5.74) is 13.0. The van der Waals surface area contributed by atoms with Crippen LogP contribution in [0.3, 0.4) is 0 Å². The van der Waals surface area contributed by atoms with Crippen molar-refractivity contribution >= 4 is 11.4 Å². The molecule has 1 heterocycles. The highest BCUT2D eigenvalue weighted by atomic mass is 15.3. The van der Waals surface area contributed by atoms with Crippen LogP contribution in [0.15, 0.2) is 53.6 Å². The zero-order valence-electron chi connectivity index (χ0n) is 26.6. The summed E-state index contributed by atoms with van der Waals surface area (Å²) in [7, 11) is 0. The Morgan fingerprint density at radius 1 is 0.575 bits per heavy atom. The third-order valence-electron chi connectivity index (χ3n) is 8.23. The number of nitrogens with zero attached hydrogens (tertiary/aromatic N) is 1. The Hall–Kier alpha value is -2.61. The standard InChI is InChI=1S/C38H56N2/c1-7-13-18-29-23-30(19-14-8-2)26-33(25-29)37-35(12-6)36(22-17-11-5)38(40(37)39)34-27-31(20-15-9-3)24-32(28-34)21-16-10-4/h22-28,39H,7-21H2,1-6H3. The number of hydrogen-bond donors (Lipinski definition) is 0. The van der Waals surface area contributed by atoms with Crippen molar-refractivity contribution in [1.29, 1.82) is 0 Å². The lowest BCUT2D eigenvalue weighted by molar-refractivity contribution is -0.347. The van der Waals surface area contributed by atoms with Gasteiger partial charge in [0.2, 0.25) is 11.4 Å². The average Bonchev–Trinajstić information content (AvgIpc) is 3.26. The molecule has 2 aromatic carbocycles. The zero-order chi connectivity index (χ0) is 28.9. The minimum Gasteiger partial charge on any atom is -0.448 e. The van der Waals surface area contributed by atoms with Crippen molar-refractivity contribution in [3.63, 3.8) is 0 Å². The predicted molar refractivity (Wildman–Crippen MR) is 176 cm³/mol. The highest BCUT2D eigenvalue weighted by Crippen LogP contribution is 2.38. The van der Waals surface area contributed by atoms with Gasteiger partial charge < -0.3 is 5.84 Å². The SMILES string of the molecule is CCCC=C1C(CC)=C(c2cc(CCCC)cc(CCCC)c2)[N+]([NH-])=C1c1cc(CCCC)cc(CCCC)c1. The molecule has 1 aliphatic rings. The second-order valence-electron chi connectivity index (χ2n) is 11.8. The van der Waals surface area contributed by atoms with E-state index in [2.05, 4.69) is 84.0 Å². The lowest BCUT2D eigenvalue weighted by Crippen LogP contribution is -2.13. The van der Waals surface area contributed by atoms with E-state index in [0.717, 1.165) is 56.4 Å². The van der Waals surface area contributed by atoms with Crippen LogP contribution in [0.2, 0.25) is 0 Å². The van der Waals surface area contributed by atoms with Gasteiger partial charge in [0.15, 0.2) is 0 Å². The van der Waals surface area contributed by atoms with Crippen LogP contribution < -0.4 is 0 Å². The van der Waals surface area contributed by atoms with Gasteiger partial charge in [0, 0.05) is 16.7 Å². The van der Waals surface area contributed by atoms with Crippen LogP contribution in [-0.2, 0) is 25.7 Å². The molecule has 2 aromatic rings. The normalized spacial score (nSPS) is 14.7. The first kappa shape index (κ1) is 31.9. The molecule has 0 saturated carbocycles. The van der Waals surface area contributed by atoms with Crippen molar-refractivity contribution in [3.8, 4) is 0 Å². The molecule has 218 valence electrons. The van der Waals surface area contributed by atoms with E-state index < -0.39 is 0 Å². The summed E-state index contributed by atoms with van der Waals surface area (Å²) < 4.78 is 1.81. The summed E-state index contributed by atoms with van der Waals surface area (Å²) in [6.07, 6.45) is 19.7. The van der Waals surface area contributed by atoms with Crippen molar-refractivity contribution in [2.45, 2.75) is 138 Å². The largest absolute Gasteiger partial charge is 0.448 e. The minimum atomic E-state index is 0.936. The first-order valence-corrected chi connectivity index (χ1v) is 16.6. The molecule has 0 amide bonds. The molecule has 0 radical (unpaired) electrons. The molecule has 0 unspecified atom stereocenters. The van der Waals surface area contributed by atoms with E-state index in [-0.39, 0.29) is 0 Å². The Labute approximate surface area is 246 Å². The maximum absolute atomic E-state index is 9.65. The van der Waals surface area contributed by atoms with Crippen LogP contribution in [0.25, 0.3) is 11.5 Å². The first-order chi connectivity index (χ1) is 19.5. The van der Waals surface area contributed by atoms with E-state index in [0.29, 0.717) is 0 Å². The molecule has 0 aliphatic carbocycles. The third kappa shape index (κ3) is 8.21. The Kier molecular flexibility index (Phi) is 13.2. The van der Waals surface area contributed by atoms with Crippen LogP contribution in [-0.4, -0.2) is 10.4 Å². The van der Waals surface area contributed by atoms with E-state index in [9.17, 15) is 5.84 Å². The fourth-order valence-electron chi connectivity index (χ4n) is 5.99. The van der Waals surface area contributed by atoms with Gasteiger partial charge in [-0.1, -0.05) is 91.9 Å². The number of benzene rings is 2. The number of aryl methyl sites for hydroxylation is 4. The van der Waals surface area contributed by atoms with E-state index >= 15 is 0 Å². The molecular weight excluding hydrogens is 484 g/mol. The van der Waals surface area contributed by atoms with Crippen LogP contribution in [0.1, 0.15) is 146 Å². The van der Waals surface area contributed by atoms with Crippen molar-refractivity contribution in [2.24, 2.45) is 0 Å². The van der Waals surface area contributed by atoms with Gasteiger partial charge in [0.1, 0.15) is 0 Å². The van der Waals surface area contributed by atoms with Gasteiger partial charge in [0.05, 0.1) is 5.57 Å². The van der Waals surface area contributed by atoms with Crippen LogP contribution in [0.5, 0.6) is 0 Å². The first-order valence-electron chi connectivity index (χ1n) is 16.6. The molecule has 0 saturated heterocycles. The van der Waals surface area contributed by atoms with Crippen LogP contribution in [0.4, 0.5) is 0 Å². The van der Waals surface area contributed by atoms with Gasteiger partial charge in [-0.25, -0.2) is 4.68 Å².